The summed E-state index contributed by atoms with van der Waals surface area (Å²) < 4.78 is 39.5. The molecule has 1 aliphatic rings. The van der Waals surface area contributed by atoms with Gasteiger partial charge in [-0.15, -0.1) is 0 Å². The van der Waals surface area contributed by atoms with Crippen molar-refractivity contribution in [2.24, 2.45) is 0 Å². The number of nitrogens with one attached hydrogen (secondary N) is 2. The van der Waals surface area contributed by atoms with Gasteiger partial charge in [0, 0.05) is 19.1 Å². The summed E-state index contributed by atoms with van der Waals surface area (Å²) in [5.41, 5.74) is 1.25. The highest BCUT2D eigenvalue weighted by molar-refractivity contribution is 5.30. The standard InChI is InChI=1S/C15H21F3N2/c1-14(2,3)11-6-4-10(5-7-11)13(15(16,17)18)20-12-8-19-9-12/h4-7,12-13,19-20H,8-9H2,1-3H3. The average Bonchev–Trinajstić information content (AvgIpc) is 2.24. The normalized spacial score (nSPS) is 18.7. The molecule has 0 spiro atoms. The molecule has 1 atom stereocenters. The summed E-state index contributed by atoms with van der Waals surface area (Å²) in [5.74, 6) is 0. The van der Waals surface area contributed by atoms with Crippen molar-refractivity contribution in [2.75, 3.05) is 13.1 Å². The molecular weight excluding hydrogens is 265 g/mol. The molecule has 2 rings (SSSR count). The maximum absolute atomic E-state index is 13.2. The zero-order chi connectivity index (χ0) is 15.0. The Hall–Kier alpha value is -1.07. The Morgan fingerprint density at radius 1 is 1.10 bits per heavy atom. The quantitative estimate of drug-likeness (QED) is 0.892. The first-order valence-electron chi connectivity index (χ1n) is 6.82. The molecule has 20 heavy (non-hydrogen) atoms. The summed E-state index contributed by atoms with van der Waals surface area (Å²) >= 11 is 0. The zero-order valence-electron chi connectivity index (χ0n) is 12.0. The molecular formula is C15H21F3N2. The summed E-state index contributed by atoms with van der Waals surface area (Å²) in [7, 11) is 0. The van der Waals surface area contributed by atoms with Gasteiger partial charge in [-0.3, -0.25) is 5.32 Å². The Morgan fingerprint density at radius 3 is 2.00 bits per heavy atom. The van der Waals surface area contributed by atoms with Gasteiger partial charge in [0.15, 0.2) is 0 Å². The van der Waals surface area contributed by atoms with Crippen LogP contribution in [-0.4, -0.2) is 25.3 Å². The van der Waals surface area contributed by atoms with Crippen LogP contribution in [0.3, 0.4) is 0 Å². The van der Waals surface area contributed by atoms with E-state index in [1.165, 1.54) is 0 Å². The van der Waals surface area contributed by atoms with Gasteiger partial charge in [-0.25, -0.2) is 0 Å². The molecule has 1 heterocycles. The molecule has 1 aliphatic heterocycles. The predicted octanol–water partition coefficient (Wildman–Crippen LogP) is 3.15. The lowest BCUT2D eigenvalue weighted by Crippen LogP contribution is -2.57. The van der Waals surface area contributed by atoms with Crippen molar-refractivity contribution in [3.8, 4) is 0 Å². The summed E-state index contributed by atoms with van der Waals surface area (Å²) in [6, 6.07) is 5.03. The molecule has 1 aromatic rings. The molecule has 0 amide bonds. The van der Waals surface area contributed by atoms with Crippen LogP contribution < -0.4 is 10.6 Å². The Kier molecular flexibility index (Phi) is 4.12. The van der Waals surface area contributed by atoms with Crippen LogP contribution >= 0.6 is 0 Å². The van der Waals surface area contributed by atoms with Gasteiger partial charge in [0.25, 0.3) is 0 Å². The van der Waals surface area contributed by atoms with Crippen molar-refractivity contribution in [3.63, 3.8) is 0 Å². The minimum atomic E-state index is -4.28. The highest BCUT2D eigenvalue weighted by atomic mass is 19.4. The Morgan fingerprint density at radius 2 is 1.65 bits per heavy atom. The molecule has 112 valence electrons. The summed E-state index contributed by atoms with van der Waals surface area (Å²) in [6.07, 6.45) is -4.28. The number of halogens is 3. The zero-order valence-corrected chi connectivity index (χ0v) is 12.0. The molecule has 0 aromatic heterocycles. The van der Waals surface area contributed by atoms with Crippen molar-refractivity contribution in [3.05, 3.63) is 35.4 Å². The first kappa shape index (κ1) is 15.3. The van der Waals surface area contributed by atoms with Gasteiger partial charge in [-0.2, -0.15) is 13.2 Å². The smallest absolute Gasteiger partial charge is 0.314 e. The average molecular weight is 286 g/mol. The molecule has 0 radical (unpaired) electrons. The number of alkyl halides is 3. The lowest BCUT2D eigenvalue weighted by molar-refractivity contribution is -0.160. The SMILES string of the molecule is CC(C)(C)c1ccc(C(NC2CNC2)C(F)(F)F)cc1. The van der Waals surface area contributed by atoms with E-state index in [1.807, 2.05) is 20.8 Å². The molecule has 0 aliphatic carbocycles. The molecule has 2 nitrogen and oxygen atoms in total. The van der Waals surface area contributed by atoms with E-state index in [1.54, 1.807) is 24.3 Å². The van der Waals surface area contributed by atoms with Crippen LogP contribution in [0.5, 0.6) is 0 Å². The van der Waals surface area contributed by atoms with Crippen molar-refractivity contribution in [1.29, 1.82) is 0 Å². The van der Waals surface area contributed by atoms with Crippen LogP contribution in [0.25, 0.3) is 0 Å². The maximum Gasteiger partial charge on any atom is 0.407 e. The lowest BCUT2D eigenvalue weighted by Gasteiger charge is -2.33. The van der Waals surface area contributed by atoms with E-state index in [4.69, 9.17) is 0 Å². The van der Waals surface area contributed by atoms with Gasteiger partial charge < -0.3 is 5.32 Å². The second kappa shape index (κ2) is 5.37. The second-order valence-electron chi connectivity index (χ2n) is 6.37. The first-order chi connectivity index (χ1) is 9.18. The van der Waals surface area contributed by atoms with E-state index >= 15 is 0 Å². The molecule has 1 fully saturated rings. The van der Waals surface area contributed by atoms with Gasteiger partial charge in [-0.1, -0.05) is 45.0 Å². The molecule has 2 N–H and O–H groups in total. The van der Waals surface area contributed by atoms with E-state index in [0.29, 0.717) is 13.1 Å². The van der Waals surface area contributed by atoms with Crippen molar-refractivity contribution >= 4 is 0 Å². The summed E-state index contributed by atoms with van der Waals surface area (Å²) in [5, 5.41) is 5.65. The summed E-state index contributed by atoms with van der Waals surface area (Å²) in [4.78, 5) is 0. The highest BCUT2D eigenvalue weighted by Crippen LogP contribution is 2.34. The Bertz CT molecular complexity index is 442. The van der Waals surface area contributed by atoms with E-state index in [-0.39, 0.29) is 17.0 Å². The van der Waals surface area contributed by atoms with Gasteiger partial charge in [0.05, 0.1) is 0 Å². The second-order valence-corrected chi connectivity index (χ2v) is 6.37. The van der Waals surface area contributed by atoms with Crippen LogP contribution in [0.2, 0.25) is 0 Å². The third-order valence-electron chi connectivity index (χ3n) is 3.62. The molecule has 1 saturated heterocycles. The first-order valence-corrected chi connectivity index (χ1v) is 6.82. The van der Waals surface area contributed by atoms with Crippen LogP contribution in [0.4, 0.5) is 13.2 Å². The van der Waals surface area contributed by atoms with Crippen molar-refractivity contribution < 1.29 is 13.2 Å². The minimum absolute atomic E-state index is 0.0580. The van der Waals surface area contributed by atoms with Gasteiger partial charge in [0.1, 0.15) is 6.04 Å². The van der Waals surface area contributed by atoms with E-state index in [9.17, 15) is 13.2 Å². The lowest BCUT2D eigenvalue weighted by atomic mass is 9.86. The highest BCUT2D eigenvalue weighted by Gasteiger charge is 2.42. The number of benzene rings is 1. The third-order valence-corrected chi connectivity index (χ3v) is 3.62. The summed E-state index contributed by atoms with van der Waals surface area (Å²) in [6.45, 7) is 7.31. The van der Waals surface area contributed by atoms with Gasteiger partial charge in [0.2, 0.25) is 0 Å². The van der Waals surface area contributed by atoms with Crippen LogP contribution in [-0.2, 0) is 5.41 Å². The van der Waals surface area contributed by atoms with E-state index < -0.39 is 12.2 Å². The predicted molar refractivity (Wildman–Crippen MR) is 73.7 cm³/mol. The maximum atomic E-state index is 13.2. The fourth-order valence-electron chi connectivity index (χ4n) is 2.20. The monoisotopic (exact) mass is 286 g/mol. The fourth-order valence-corrected chi connectivity index (χ4v) is 2.20. The number of hydrogen-bond acceptors (Lipinski definition) is 2. The topological polar surface area (TPSA) is 24.1 Å². The van der Waals surface area contributed by atoms with E-state index in [2.05, 4.69) is 10.6 Å². The molecule has 5 heteroatoms. The fraction of sp³-hybridized carbons (Fsp3) is 0.600. The minimum Gasteiger partial charge on any atom is -0.314 e. The molecule has 1 unspecified atom stereocenters. The van der Waals surface area contributed by atoms with Crippen molar-refractivity contribution in [1.82, 2.24) is 10.6 Å². The Labute approximate surface area is 117 Å². The van der Waals surface area contributed by atoms with Gasteiger partial charge >= 0.3 is 6.18 Å². The van der Waals surface area contributed by atoms with Crippen LogP contribution in [0.1, 0.15) is 37.9 Å². The van der Waals surface area contributed by atoms with Crippen LogP contribution in [0, 0.1) is 0 Å². The van der Waals surface area contributed by atoms with Crippen LogP contribution in [0.15, 0.2) is 24.3 Å². The third kappa shape index (κ3) is 3.52. The largest absolute Gasteiger partial charge is 0.407 e. The number of rotatable bonds is 3. The number of hydrogen-bond donors (Lipinski definition) is 2. The molecule has 1 aromatic carbocycles. The molecule has 0 bridgehead atoms. The molecule has 0 saturated carbocycles. The van der Waals surface area contributed by atoms with Gasteiger partial charge in [-0.05, 0) is 16.5 Å². The van der Waals surface area contributed by atoms with Crippen molar-refractivity contribution in [2.45, 2.75) is 44.4 Å². The van der Waals surface area contributed by atoms with E-state index in [0.717, 1.165) is 5.56 Å². The Balaban J connectivity index is 2.20.